The number of hydrazone groups is 1. The van der Waals surface area contributed by atoms with Gasteiger partial charge in [-0.2, -0.15) is 5.10 Å². The van der Waals surface area contributed by atoms with E-state index in [2.05, 4.69) is 10.5 Å². The SMILES string of the molecule is O=C(N/N=C\c1cccc(Cl)c1Cl)[C@@H]1C[C@@H]1c1ccccc1. The average Bonchev–Trinajstić information content (AvgIpc) is 3.33. The summed E-state index contributed by atoms with van der Waals surface area (Å²) in [6, 6.07) is 15.3. The van der Waals surface area contributed by atoms with Gasteiger partial charge in [0, 0.05) is 11.5 Å². The maximum absolute atomic E-state index is 12.0. The molecule has 1 saturated carbocycles. The third kappa shape index (κ3) is 3.32. The Morgan fingerprint density at radius 1 is 1.14 bits per heavy atom. The van der Waals surface area contributed by atoms with Crippen LogP contribution in [0, 0.1) is 5.92 Å². The summed E-state index contributed by atoms with van der Waals surface area (Å²) in [5.74, 6) is 0.226. The number of nitrogens with one attached hydrogen (secondary N) is 1. The minimum Gasteiger partial charge on any atom is -0.273 e. The fraction of sp³-hybridized carbons (Fsp3) is 0.176. The van der Waals surface area contributed by atoms with Crippen molar-refractivity contribution < 1.29 is 4.79 Å². The van der Waals surface area contributed by atoms with E-state index in [0.29, 0.717) is 21.5 Å². The van der Waals surface area contributed by atoms with Crippen LogP contribution >= 0.6 is 23.2 Å². The third-order valence-electron chi connectivity index (χ3n) is 3.71. The predicted octanol–water partition coefficient (Wildman–Crippen LogP) is 4.25. The van der Waals surface area contributed by atoms with Crippen molar-refractivity contribution in [2.75, 3.05) is 0 Å². The maximum atomic E-state index is 12.0. The number of amides is 1. The summed E-state index contributed by atoms with van der Waals surface area (Å²) in [7, 11) is 0. The van der Waals surface area contributed by atoms with E-state index in [1.54, 1.807) is 18.2 Å². The molecule has 5 heteroatoms. The summed E-state index contributed by atoms with van der Waals surface area (Å²) in [4.78, 5) is 12.0. The van der Waals surface area contributed by atoms with Crippen molar-refractivity contribution in [1.82, 2.24) is 5.43 Å². The number of rotatable bonds is 4. The van der Waals surface area contributed by atoms with Gasteiger partial charge in [0.1, 0.15) is 0 Å². The molecule has 0 radical (unpaired) electrons. The first-order valence-corrected chi connectivity index (χ1v) is 7.74. The molecule has 0 heterocycles. The highest BCUT2D eigenvalue weighted by Crippen LogP contribution is 2.47. The van der Waals surface area contributed by atoms with E-state index in [-0.39, 0.29) is 11.8 Å². The second kappa shape index (κ2) is 6.51. The minimum absolute atomic E-state index is 0.00520. The van der Waals surface area contributed by atoms with Crippen LogP contribution < -0.4 is 5.43 Å². The molecule has 1 fully saturated rings. The first-order valence-electron chi connectivity index (χ1n) is 6.98. The molecule has 3 rings (SSSR count). The molecule has 3 nitrogen and oxygen atoms in total. The van der Waals surface area contributed by atoms with Gasteiger partial charge in [-0.25, -0.2) is 5.43 Å². The van der Waals surface area contributed by atoms with Crippen molar-refractivity contribution >= 4 is 35.3 Å². The number of nitrogens with zero attached hydrogens (tertiary/aromatic N) is 1. The van der Waals surface area contributed by atoms with Crippen molar-refractivity contribution in [3.8, 4) is 0 Å². The van der Waals surface area contributed by atoms with Crippen molar-refractivity contribution in [1.29, 1.82) is 0 Å². The summed E-state index contributed by atoms with van der Waals surface area (Å²) in [6.45, 7) is 0. The molecule has 0 aliphatic heterocycles. The highest BCUT2D eigenvalue weighted by Gasteiger charge is 2.43. The highest BCUT2D eigenvalue weighted by molar-refractivity contribution is 6.43. The molecule has 22 heavy (non-hydrogen) atoms. The molecule has 2 atom stereocenters. The van der Waals surface area contributed by atoms with Crippen molar-refractivity contribution in [2.24, 2.45) is 11.0 Å². The zero-order valence-electron chi connectivity index (χ0n) is 11.7. The van der Waals surface area contributed by atoms with Gasteiger partial charge in [0.25, 0.3) is 0 Å². The summed E-state index contributed by atoms with van der Waals surface area (Å²) in [5, 5.41) is 4.85. The Labute approximate surface area is 138 Å². The lowest BCUT2D eigenvalue weighted by Crippen LogP contribution is -2.20. The van der Waals surface area contributed by atoms with Crippen LogP contribution in [0.25, 0.3) is 0 Å². The topological polar surface area (TPSA) is 41.5 Å². The molecule has 2 aromatic rings. The second-order valence-electron chi connectivity index (χ2n) is 5.24. The Balaban J connectivity index is 1.58. The van der Waals surface area contributed by atoms with Crippen LogP contribution in [0.2, 0.25) is 10.0 Å². The van der Waals surface area contributed by atoms with Crippen molar-refractivity contribution in [3.63, 3.8) is 0 Å². The van der Waals surface area contributed by atoms with E-state index in [1.165, 1.54) is 11.8 Å². The first-order chi connectivity index (χ1) is 10.7. The van der Waals surface area contributed by atoms with Crippen LogP contribution in [0.1, 0.15) is 23.5 Å². The normalized spacial score (nSPS) is 20.1. The van der Waals surface area contributed by atoms with Crippen LogP contribution in [0.5, 0.6) is 0 Å². The lowest BCUT2D eigenvalue weighted by Gasteiger charge is -2.01. The lowest BCUT2D eigenvalue weighted by atomic mass is 10.1. The average molecular weight is 333 g/mol. The zero-order chi connectivity index (χ0) is 15.5. The van der Waals surface area contributed by atoms with Crippen LogP contribution in [0.3, 0.4) is 0 Å². The van der Waals surface area contributed by atoms with Gasteiger partial charge in [-0.3, -0.25) is 4.79 Å². The number of benzene rings is 2. The standard InChI is InChI=1S/C17H14Cl2N2O/c18-15-8-4-7-12(16(15)19)10-20-21-17(22)14-9-13(14)11-5-2-1-3-6-11/h1-8,10,13-14H,9H2,(H,21,22)/b20-10-/t13-,14-/m1/s1. The molecule has 2 aromatic carbocycles. The highest BCUT2D eigenvalue weighted by atomic mass is 35.5. The van der Waals surface area contributed by atoms with Crippen LogP contribution in [-0.4, -0.2) is 12.1 Å². The molecule has 0 saturated heterocycles. The van der Waals surface area contributed by atoms with E-state index < -0.39 is 0 Å². The van der Waals surface area contributed by atoms with Gasteiger partial charge >= 0.3 is 0 Å². The van der Waals surface area contributed by atoms with Gasteiger partial charge in [0.2, 0.25) is 5.91 Å². The predicted molar refractivity (Wildman–Crippen MR) is 89.5 cm³/mol. The Hall–Kier alpha value is -1.84. The number of carbonyl (C=O) groups is 1. The third-order valence-corrected chi connectivity index (χ3v) is 4.55. The lowest BCUT2D eigenvalue weighted by molar-refractivity contribution is -0.122. The summed E-state index contributed by atoms with van der Waals surface area (Å²) >= 11 is 12.0. The number of hydrogen-bond acceptors (Lipinski definition) is 2. The first kappa shape index (κ1) is 15.1. The Kier molecular flexibility index (Phi) is 4.46. The van der Waals surface area contributed by atoms with Gasteiger partial charge < -0.3 is 0 Å². The Morgan fingerprint density at radius 2 is 1.91 bits per heavy atom. The quantitative estimate of drug-likeness (QED) is 0.660. The molecule has 1 aliphatic carbocycles. The van der Waals surface area contributed by atoms with Gasteiger partial charge in [0.05, 0.1) is 16.3 Å². The van der Waals surface area contributed by atoms with E-state index in [4.69, 9.17) is 23.2 Å². The van der Waals surface area contributed by atoms with Crippen molar-refractivity contribution in [3.05, 3.63) is 69.7 Å². The molecular formula is C17H14Cl2N2O. The maximum Gasteiger partial charge on any atom is 0.243 e. The summed E-state index contributed by atoms with van der Waals surface area (Å²) in [6.07, 6.45) is 2.37. The van der Waals surface area contributed by atoms with Crippen LogP contribution in [0.15, 0.2) is 53.6 Å². The largest absolute Gasteiger partial charge is 0.273 e. The number of halogens is 2. The van der Waals surface area contributed by atoms with E-state index in [1.807, 2.05) is 30.3 Å². The Morgan fingerprint density at radius 3 is 2.68 bits per heavy atom. The molecule has 1 aliphatic rings. The molecule has 112 valence electrons. The van der Waals surface area contributed by atoms with Gasteiger partial charge in [0.15, 0.2) is 0 Å². The van der Waals surface area contributed by atoms with Gasteiger partial charge in [-0.05, 0) is 24.0 Å². The second-order valence-corrected chi connectivity index (χ2v) is 6.02. The summed E-state index contributed by atoms with van der Waals surface area (Å²) < 4.78 is 0. The van der Waals surface area contributed by atoms with Gasteiger partial charge in [-0.15, -0.1) is 0 Å². The molecule has 0 aromatic heterocycles. The minimum atomic E-state index is -0.0664. The fourth-order valence-electron chi connectivity index (χ4n) is 2.42. The summed E-state index contributed by atoms with van der Waals surface area (Å²) in [5.41, 5.74) is 4.44. The van der Waals surface area contributed by atoms with E-state index in [0.717, 1.165) is 6.42 Å². The fourth-order valence-corrected chi connectivity index (χ4v) is 2.78. The number of hydrogen-bond donors (Lipinski definition) is 1. The van der Waals surface area contributed by atoms with Crippen LogP contribution in [-0.2, 0) is 4.79 Å². The van der Waals surface area contributed by atoms with E-state index >= 15 is 0 Å². The molecular weight excluding hydrogens is 319 g/mol. The molecule has 1 amide bonds. The van der Waals surface area contributed by atoms with Crippen LogP contribution in [0.4, 0.5) is 0 Å². The van der Waals surface area contributed by atoms with Crippen molar-refractivity contribution in [2.45, 2.75) is 12.3 Å². The van der Waals surface area contributed by atoms with E-state index in [9.17, 15) is 4.79 Å². The molecule has 0 bridgehead atoms. The monoisotopic (exact) mass is 332 g/mol. The Bertz CT molecular complexity index is 716. The molecule has 1 N–H and O–H groups in total. The molecule has 0 spiro atoms. The smallest absolute Gasteiger partial charge is 0.243 e. The zero-order valence-corrected chi connectivity index (χ0v) is 13.2. The molecule has 0 unspecified atom stereocenters. The number of carbonyl (C=O) groups excluding carboxylic acids is 1. The van der Waals surface area contributed by atoms with Gasteiger partial charge in [-0.1, -0.05) is 65.7 Å².